The molecule has 5 heteroatoms. The number of ketones is 1. The largest absolute Gasteiger partial charge is 0.460 e. The monoisotopic (exact) mass is 405 g/mol. The Morgan fingerprint density at radius 3 is 2.55 bits per heavy atom. The molecular formula is C24H20ClNO3. The van der Waals surface area contributed by atoms with E-state index in [-0.39, 0.29) is 13.0 Å². The molecular weight excluding hydrogens is 386 g/mol. The number of halogens is 1. The lowest BCUT2D eigenvalue weighted by molar-refractivity contribution is -0.153. The summed E-state index contributed by atoms with van der Waals surface area (Å²) in [4.78, 5) is 27.5. The number of aromatic amines is 1. The van der Waals surface area contributed by atoms with E-state index in [2.05, 4.69) is 16.8 Å². The second kappa shape index (κ2) is 9.77. The van der Waals surface area contributed by atoms with E-state index in [1.165, 1.54) is 0 Å². The molecule has 29 heavy (non-hydrogen) atoms. The van der Waals surface area contributed by atoms with E-state index in [4.69, 9.17) is 16.3 Å². The second-order valence-corrected chi connectivity index (χ2v) is 6.81. The van der Waals surface area contributed by atoms with E-state index in [1.807, 2.05) is 48.5 Å². The molecule has 4 nitrogen and oxygen atoms in total. The number of nitrogens with one attached hydrogen (secondary N) is 1. The van der Waals surface area contributed by atoms with Crippen molar-refractivity contribution >= 4 is 23.4 Å². The summed E-state index contributed by atoms with van der Waals surface area (Å²) in [6.07, 6.45) is 1.73. The smallest absolute Gasteiger partial charge is 0.374 e. The lowest BCUT2D eigenvalue weighted by Crippen LogP contribution is -2.21. The highest BCUT2D eigenvalue weighted by atomic mass is 35.5. The van der Waals surface area contributed by atoms with E-state index in [0.29, 0.717) is 5.02 Å². The Morgan fingerprint density at radius 2 is 1.86 bits per heavy atom. The maximum atomic E-state index is 12.4. The quantitative estimate of drug-likeness (QED) is 0.366. The molecule has 0 amide bonds. The number of ether oxygens (including phenoxy) is 1. The third-order valence-corrected chi connectivity index (χ3v) is 4.63. The van der Waals surface area contributed by atoms with Gasteiger partial charge in [-0.05, 0) is 55.0 Å². The molecule has 0 aliphatic rings. The zero-order chi connectivity index (χ0) is 20.6. The van der Waals surface area contributed by atoms with E-state index in [1.54, 1.807) is 25.3 Å². The summed E-state index contributed by atoms with van der Waals surface area (Å²) in [6, 6.07) is 18.7. The molecule has 0 fully saturated rings. The predicted octanol–water partition coefficient (Wildman–Crippen LogP) is 4.72. The van der Waals surface area contributed by atoms with Crippen molar-refractivity contribution in [3.05, 3.63) is 94.3 Å². The molecule has 0 aliphatic heterocycles. The van der Waals surface area contributed by atoms with Crippen LogP contribution in [0.2, 0.25) is 5.02 Å². The lowest BCUT2D eigenvalue weighted by atomic mass is 9.87. The average Bonchev–Trinajstić information content (AvgIpc) is 3.26. The van der Waals surface area contributed by atoms with Gasteiger partial charge in [-0.3, -0.25) is 4.79 Å². The molecule has 1 atom stereocenters. The average molecular weight is 406 g/mol. The maximum absolute atomic E-state index is 12.4. The van der Waals surface area contributed by atoms with Gasteiger partial charge in [0.05, 0.1) is 6.61 Å². The van der Waals surface area contributed by atoms with Crippen molar-refractivity contribution < 1.29 is 14.3 Å². The van der Waals surface area contributed by atoms with Crippen LogP contribution in [0.15, 0.2) is 66.9 Å². The number of carbonyl (C=O) groups is 2. The minimum atomic E-state index is -0.831. The third kappa shape index (κ3) is 5.37. The van der Waals surface area contributed by atoms with Crippen molar-refractivity contribution in [2.75, 3.05) is 6.61 Å². The van der Waals surface area contributed by atoms with Gasteiger partial charge >= 0.3 is 5.97 Å². The van der Waals surface area contributed by atoms with Crippen molar-refractivity contribution in [3.63, 3.8) is 0 Å². The van der Waals surface area contributed by atoms with Crippen LogP contribution >= 0.6 is 11.6 Å². The van der Waals surface area contributed by atoms with E-state index < -0.39 is 17.7 Å². The van der Waals surface area contributed by atoms with Crippen molar-refractivity contribution in [1.82, 2.24) is 4.98 Å². The Bertz CT molecular complexity index is 1050. The van der Waals surface area contributed by atoms with Gasteiger partial charge in [-0.2, -0.15) is 0 Å². The molecule has 0 radical (unpaired) electrons. The summed E-state index contributed by atoms with van der Waals surface area (Å²) in [6.45, 7) is 1.82. The summed E-state index contributed by atoms with van der Waals surface area (Å²) in [5, 5.41) is 0.533. The first-order valence-corrected chi connectivity index (χ1v) is 9.66. The molecule has 0 bridgehead atoms. The number of carbonyl (C=O) groups excluding carboxylic acids is 2. The molecule has 3 aromatic rings. The van der Waals surface area contributed by atoms with Gasteiger partial charge in [0.2, 0.25) is 5.78 Å². The highest BCUT2D eigenvalue weighted by Gasteiger charge is 2.26. The molecule has 0 spiro atoms. The van der Waals surface area contributed by atoms with Gasteiger partial charge in [0.25, 0.3) is 0 Å². The van der Waals surface area contributed by atoms with E-state index in [9.17, 15) is 9.59 Å². The number of H-pyrrole nitrogens is 1. The number of hydrogen-bond donors (Lipinski definition) is 1. The van der Waals surface area contributed by atoms with E-state index >= 15 is 0 Å². The summed E-state index contributed by atoms with van der Waals surface area (Å²) >= 11 is 6.25. The molecule has 0 unspecified atom stereocenters. The topological polar surface area (TPSA) is 59.2 Å². The van der Waals surface area contributed by atoms with Crippen LogP contribution in [-0.4, -0.2) is 23.3 Å². The summed E-state index contributed by atoms with van der Waals surface area (Å²) < 4.78 is 4.86. The van der Waals surface area contributed by atoms with Crippen LogP contribution < -0.4 is 0 Å². The highest BCUT2D eigenvalue weighted by Crippen LogP contribution is 2.32. The first-order chi connectivity index (χ1) is 14.1. The standard InChI is InChI=1S/C24H20ClNO3/c1-2-29-24(28)23(27)16-21(22-9-6-14-26-22)20-15-19(25)13-12-18(20)11-10-17-7-4-3-5-8-17/h3-9,12-15,21,26H,2,16H2,1H3/t21-/m0/s1. The normalized spacial score (nSPS) is 11.2. The molecule has 1 aromatic heterocycles. The number of benzene rings is 2. The van der Waals surface area contributed by atoms with Crippen LogP contribution in [0.1, 0.15) is 41.6 Å². The molecule has 0 aliphatic carbocycles. The van der Waals surface area contributed by atoms with Crippen molar-refractivity contribution in [3.8, 4) is 11.8 Å². The maximum Gasteiger partial charge on any atom is 0.374 e. The highest BCUT2D eigenvalue weighted by molar-refractivity contribution is 6.33. The Morgan fingerprint density at radius 1 is 1.07 bits per heavy atom. The first kappa shape index (κ1) is 20.4. The zero-order valence-electron chi connectivity index (χ0n) is 15.9. The molecule has 3 rings (SSSR count). The predicted molar refractivity (Wildman–Crippen MR) is 113 cm³/mol. The van der Waals surface area contributed by atoms with Crippen LogP contribution in [0.5, 0.6) is 0 Å². The minimum Gasteiger partial charge on any atom is -0.460 e. The Hall–Kier alpha value is -3.29. The summed E-state index contributed by atoms with van der Waals surface area (Å²) in [5.41, 5.74) is 3.20. The molecule has 1 N–H and O–H groups in total. The molecule has 0 saturated carbocycles. The number of rotatable bonds is 6. The Kier molecular flexibility index (Phi) is 6.89. The fourth-order valence-corrected chi connectivity index (χ4v) is 3.21. The Balaban J connectivity index is 2.01. The first-order valence-electron chi connectivity index (χ1n) is 9.28. The molecule has 146 valence electrons. The van der Waals surface area contributed by atoms with Crippen LogP contribution in [0.25, 0.3) is 0 Å². The molecule has 0 saturated heterocycles. The van der Waals surface area contributed by atoms with Crippen LogP contribution in [0.4, 0.5) is 0 Å². The minimum absolute atomic E-state index is 0.0420. The summed E-state index contributed by atoms with van der Waals surface area (Å²) in [5.74, 6) is 4.49. The van der Waals surface area contributed by atoms with Crippen LogP contribution in [0.3, 0.4) is 0 Å². The van der Waals surface area contributed by atoms with Crippen molar-refractivity contribution in [2.24, 2.45) is 0 Å². The van der Waals surface area contributed by atoms with Gasteiger partial charge in [-0.25, -0.2) is 4.79 Å². The van der Waals surface area contributed by atoms with Crippen molar-refractivity contribution in [1.29, 1.82) is 0 Å². The van der Waals surface area contributed by atoms with E-state index in [0.717, 1.165) is 22.4 Å². The summed E-state index contributed by atoms with van der Waals surface area (Å²) in [7, 11) is 0. The van der Waals surface area contributed by atoms with Gasteiger partial charge in [-0.15, -0.1) is 0 Å². The fourth-order valence-electron chi connectivity index (χ4n) is 3.03. The van der Waals surface area contributed by atoms with Crippen LogP contribution in [-0.2, 0) is 14.3 Å². The van der Waals surface area contributed by atoms with Gasteiger partial charge in [0, 0.05) is 40.4 Å². The Labute approximate surface area is 174 Å². The fraction of sp³-hybridized carbons (Fsp3) is 0.167. The van der Waals surface area contributed by atoms with Crippen LogP contribution in [0, 0.1) is 11.8 Å². The molecule has 2 aromatic carbocycles. The van der Waals surface area contributed by atoms with Crippen molar-refractivity contribution in [2.45, 2.75) is 19.3 Å². The number of esters is 1. The van der Waals surface area contributed by atoms with Gasteiger partial charge in [-0.1, -0.05) is 41.6 Å². The number of Topliss-reactive ketones (excluding diaryl/α,β-unsaturated/α-hetero) is 1. The SMILES string of the molecule is CCOC(=O)C(=O)C[C@H](c1ccc[nH]1)c1cc(Cl)ccc1C#Cc1ccccc1. The number of hydrogen-bond acceptors (Lipinski definition) is 3. The van der Waals surface area contributed by atoms with Gasteiger partial charge in [0.15, 0.2) is 0 Å². The number of aromatic nitrogens is 1. The lowest BCUT2D eigenvalue weighted by Gasteiger charge is -2.17. The second-order valence-electron chi connectivity index (χ2n) is 6.37. The van der Waals surface area contributed by atoms with Gasteiger partial charge in [0.1, 0.15) is 0 Å². The zero-order valence-corrected chi connectivity index (χ0v) is 16.7. The third-order valence-electron chi connectivity index (χ3n) is 4.39. The molecule has 1 heterocycles. The van der Waals surface area contributed by atoms with Gasteiger partial charge < -0.3 is 9.72 Å².